The highest BCUT2D eigenvalue weighted by molar-refractivity contribution is 5.87. The first-order valence-electron chi connectivity index (χ1n) is 3.70. The highest BCUT2D eigenvalue weighted by atomic mass is 16.6. The van der Waals surface area contributed by atoms with Crippen LogP contribution in [0.2, 0.25) is 0 Å². The summed E-state index contributed by atoms with van der Waals surface area (Å²) >= 11 is 0. The number of carbonyl (C=O) groups excluding carboxylic acids is 2. The fourth-order valence-corrected chi connectivity index (χ4v) is 0.968. The van der Waals surface area contributed by atoms with Gasteiger partial charge in [0.15, 0.2) is 0 Å². The van der Waals surface area contributed by atoms with Crippen LogP contribution in [0.25, 0.3) is 0 Å². The number of cyclic esters (lactones) is 1. The van der Waals surface area contributed by atoms with Crippen LogP contribution in [0.5, 0.6) is 0 Å². The van der Waals surface area contributed by atoms with Gasteiger partial charge in [-0.1, -0.05) is 0 Å². The van der Waals surface area contributed by atoms with Crippen molar-refractivity contribution in [3.05, 3.63) is 0 Å². The van der Waals surface area contributed by atoms with Gasteiger partial charge in [0.25, 0.3) is 0 Å². The Morgan fingerprint density at radius 3 is 3.08 bits per heavy atom. The maximum Gasteiger partial charge on any atom is 0.407 e. The summed E-state index contributed by atoms with van der Waals surface area (Å²) in [4.78, 5) is 23.2. The molecule has 0 aromatic carbocycles. The van der Waals surface area contributed by atoms with Gasteiger partial charge in [-0.25, -0.2) is 4.79 Å². The first-order valence-corrected chi connectivity index (χ1v) is 3.70. The lowest BCUT2D eigenvalue weighted by atomic mass is 10.3. The summed E-state index contributed by atoms with van der Waals surface area (Å²) in [5.74, 6) is -0.313. The molecule has 2 amide bonds. The number of rotatable bonds is 2. The van der Waals surface area contributed by atoms with Gasteiger partial charge >= 0.3 is 6.09 Å². The molecule has 0 bridgehead atoms. The Balaban J connectivity index is 2.49. The van der Waals surface area contributed by atoms with Crippen LogP contribution in [0.1, 0.15) is 0 Å². The van der Waals surface area contributed by atoms with E-state index in [1.54, 1.807) is 0 Å². The van der Waals surface area contributed by atoms with Crippen LogP contribution in [0.3, 0.4) is 0 Å². The van der Waals surface area contributed by atoms with Crippen molar-refractivity contribution in [1.82, 2.24) is 10.2 Å². The number of amides is 2. The SMILES string of the molecule is CN(CC#N)C(=O)C1COC(=O)N1. The third kappa shape index (κ3) is 2.08. The number of likely N-dealkylation sites (N-methyl/N-ethyl adjacent to an activating group) is 1. The fraction of sp³-hybridized carbons (Fsp3) is 0.571. The van der Waals surface area contributed by atoms with Crippen molar-refractivity contribution >= 4 is 12.0 Å². The molecule has 6 nitrogen and oxygen atoms in total. The monoisotopic (exact) mass is 183 g/mol. The van der Waals surface area contributed by atoms with Crippen LogP contribution >= 0.6 is 0 Å². The molecule has 6 heteroatoms. The number of hydrogen-bond acceptors (Lipinski definition) is 4. The van der Waals surface area contributed by atoms with E-state index < -0.39 is 12.1 Å². The lowest BCUT2D eigenvalue weighted by molar-refractivity contribution is -0.131. The zero-order valence-corrected chi connectivity index (χ0v) is 7.11. The van der Waals surface area contributed by atoms with E-state index in [0.29, 0.717) is 0 Å². The third-order valence-electron chi connectivity index (χ3n) is 1.66. The van der Waals surface area contributed by atoms with E-state index in [2.05, 4.69) is 10.1 Å². The van der Waals surface area contributed by atoms with E-state index in [0.717, 1.165) is 0 Å². The molecule has 1 aliphatic heterocycles. The minimum absolute atomic E-state index is 0.00516. The van der Waals surface area contributed by atoms with Gasteiger partial charge in [0.05, 0.1) is 6.07 Å². The van der Waals surface area contributed by atoms with Gasteiger partial charge in [-0.2, -0.15) is 5.26 Å². The molecule has 13 heavy (non-hydrogen) atoms. The summed E-state index contributed by atoms with van der Waals surface area (Å²) in [6.45, 7) is 0.0403. The molecule has 0 aliphatic carbocycles. The van der Waals surface area contributed by atoms with Gasteiger partial charge in [0.1, 0.15) is 19.2 Å². The third-order valence-corrected chi connectivity index (χ3v) is 1.66. The molecular weight excluding hydrogens is 174 g/mol. The Kier molecular flexibility index (Phi) is 2.69. The highest BCUT2D eigenvalue weighted by Gasteiger charge is 2.30. The van der Waals surface area contributed by atoms with E-state index in [9.17, 15) is 9.59 Å². The Morgan fingerprint density at radius 2 is 2.62 bits per heavy atom. The molecule has 1 atom stereocenters. The smallest absolute Gasteiger partial charge is 0.407 e. The molecule has 1 N–H and O–H groups in total. The normalized spacial score (nSPS) is 20.0. The average Bonchev–Trinajstić information content (AvgIpc) is 2.51. The maximum atomic E-state index is 11.4. The number of ether oxygens (including phenoxy) is 1. The summed E-state index contributed by atoms with van der Waals surface area (Å²) in [6, 6.07) is 1.19. The molecule has 0 saturated carbocycles. The number of alkyl carbamates (subject to hydrolysis) is 1. The van der Waals surface area contributed by atoms with E-state index in [1.807, 2.05) is 6.07 Å². The second kappa shape index (κ2) is 3.76. The van der Waals surface area contributed by atoms with Gasteiger partial charge in [-0.3, -0.25) is 4.79 Å². The highest BCUT2D eigenvalue weighted by Crippen LogP contribution is 2.00. The van der Waals surface area contributed by atoms with Crippen LogP contribution in [0, 0.1) is 11.3 Å². The molecule has 0 aromatic heterocycles. The number of nitriles is 1. The predicted molar refractivity (Wildman–Crippen MR) is 41.5 cm³/mol. The summed E-state index contributed by atoms with van der Waals surface area (Å²) in [7, 11) is 1.50. The van der Waals surface area contributed by atoms with Gasteiger partial charge < -0.3 is 15.0 Å². The van der Waals surface area contributed by atoms with Crippen molar-refractivity contribution in [3.8, 4) is 6.07 Å². The van der Waals surface area contributed by atoms with Crippen molar-refractivity contribution in [1.29, 1.82) is 5.26 Å². The maximum absolute atomic E-state index is 11.4. The van der Waals surface area contributed by atoms with E-state index >= 15 is 0 Å². The minimum atomic E-state index is -0.647. The quantitative estimate of drug-likeness (QED) is 0.561. The first-order chi connectivity index (χ1) is 6.15. The van der Waals surface area contributed by atoms with Crippen molar-refractivity contribution in [2.45, 2.75) is 6.04 Å². The molecule has 0 aromatic rings. The van der Waals surface area contributed by atoms with Crippen LogP contribution in [0.15, 0.2) is 0 Å². The molecule has 70 valence electrons. The summed E-state index contributed by atoms with van der Waals surface area (Å²) < 4.78 is 4.53. The lowest BCUT2D eigenvalue weighted by Crippen LogP contribution is -2.43. The molecule has 0 spiro atoms. The summed E-state index contributed by atoms with van der Waals surface area (Å²) in [5, 5.41) is 10.6. The predicted octanol–water partition coefficient (Wildman–Crippen LogP) is -0.923. The van der Waals surface area contributed by atoms with Crippen LogP contribution in [-0.2, 0) is 9.53 Å². The molecule has 1 fully saturated rings. The summed E-state index contributed by atoms with van der Waals surface area (Å²) in [6.07, 6.45) is -0.594. The Hall–Kier alpha value is -1.77. The summed E-state index contributed by atoms with van der Waals surface area (Å²) in [5.41, 5.74) is 0. The van der Waals surface area contributed by atoms with Gasteiger partial charge in [-0.15, -0.1) is 0 Å². The largest absolute Gasteiger partial charge is 0.447 e. The molecule has 1 aliphatic rings. The second-order valence-electron chi connectivity index (χ2n) is 2.65. The van der Waals surface area contributed by atoms with Crippen molar-refractivity contribution in [3.63, 3.8) is 0 Å². The van der Waals surface area contributed by atoms with E-state index in [1.165, 1.54) is 11.9 Å². The van der Waals surface area contributed by atoms with Gasteiger partial charge in [0, 0.05) is 7.05 Å². The van der Waals surface area contributed by atoms with Gasteiger partial charge in [-0.05, 0) is 0 Å². The Morgan fingerprint density at radius 1 is 1.92 bits per heavy atom. The molecule has 0 radical (unpaired) electrons. The van der Waals surface area contributed by atoms with Crippen molar-refractivity contribution in [2.75, 3.05) is 20.2 Å². The zero-order valence-electron chi connectivity index (χ0n) is 7.11. The number of nitrogens with zero attached hydrogens (tertiary/aromatic N) is 2. The number of hydrogen-bond donors (Lipinski definition) is 1. The van der Waals surface area contributed by atoms with E-state index in [-0.39, 0.29) is 19.1 Å². The first kappa shape index (κ1) is 9.32. The number of nitrogens with one attached hydrogen (secondary N) is 1. The molecule has 1 rings (SSSR count). The Labute approximate surface area is 75.1 Å². The topological polar surface area (TPSA) is 82.4 Å². The molecule has 1 saturated heterocycles. The lowest BCUT2D eigenvalue weighted by Gasteiger charge is -2.15. The van der Waals surface area contributed by atoms with Crippen LogP contribution in [-0.4, -0.2) is 43.1 Å². The van der Waals surface area contributed by atoms with Crippen molar-refractivity contribution in [2.24, 2.45) is 0 Å². The molecule has 1 unspecified atom stereocenters. The van der Waals surface area contributed by atoms with Crippen LogP contribution < -0.4 is 5.32 Å². The average molecular weight is 183 g/mol. The van der Waals surface area contributed by atoms with Gasteiger partial charge in [0.2, 0.25) is 5.91 Å². The van der Waals surface area contributed by atoms with Crippen LogP contribution in [0.4, 0.5) is 4.79 Å². The molecular formula is C7H9N3O3. The minimum Gasteiger partial charge on any atom is -0.447 e. The number of carbonyl (C=O) groups is 2. The fourth-order valence-electron chi connectivity index (χ4n) is 0.968. The zero-order chi connectivity index (χ0) is 9.84. The standard InChI is InChI=1S/C7H9N3O3/c1-10(3-2-8)6(11)5-4-13-7(12)9-5/h5H,3-4H2,1H3,(H,9,12). The molecule has 1 heterocycles. The van der Waals surface area contributed by atoms with E-state index in [4.69, 9.17) is 5.26 Å². The Bertz CT molecular complexity index is 271. The van der Waals surface area contributed by atoms with Crippen molar-refractivity contribution < 1.29 is 14.3 Å². The second-order valence-corrected chi connectivity index (χ2v) is 2.65.